The van der Waals surface area contributed by atoms with E-state index in [9.17, 15) is 13.2 Å². The monoisotopic (exact) mass is 486 g/mol. The Balaban J connectivity index is 1.80. The van der Waals surface area contributed by atoms with Gasteiger partial charge in [0.15, 0.2) is 0 Å². The number of carbonyl (C=O) groups excluding carboxylic acids is 1. The molecule has 3 aromatic rings. The van der Waals surface area contributed by atoms with Gasteiger partial charge in [0.1, 0.15) is 11.8 Å². The van der Waals surface area contributed by atoms with E-state index >= 15 is 0 Å². The molecule has 2 atom stereocenters. The van der Waals surface area contributed by atoms with Crippen LogP contribution in [0.25, 0.3) is 0 Å². The lowest BCUT2D eigenvalue weighted by Crippen LogP contribution is -2.48. The molecular formula is C25H27ClN2O4S. The highest BCUT2D eigenvalue weighted by Crippen LogP contribution is 2.19. The average molecular weight is 487 g/mol. The van der Waals surface area contributed by atoms with Gasteiger partial charge in [-0.1, -0.05) is 54.1 Å². The molecule has 3 aromatic carbocycles. The molecule has 0 heterocycles. The molecule has 0 bridgehead atoms. The summed E-state index contributed by atoms with van der Waals surface area (Å²) in [6, 6.07) is 21.2. The molecule has 0 aliphatic heterocycles. The second-order valence-electron chi connectivity index (χ2n) is 7.55. The van der Waals surface area contributed by atoms with Crippen molar-refractivity contribution in [2.75, 3.05) is 6.61 Å². The molecule has 174 valence electrons. The van der Waals surface area contributed by atoms with Crippen LogP contribution >= 0.6 is 11.6 Å². The van der Waals surface area contributed by atoms with Gasteiger partial charge in [0, 0.05) is 5.02 Å². The summed E-state index contributed by atoms with van der Waals surface area (Å²) in [5, 5.41) is 3.51. The van der Waals surface area contributed by atoms with Gasteiger partial charge in [0.2, 0.25) is 15.9 Å². The third-order valence-electron chi connectivity index (χ3n) is 5.07. The highest BCUT2D eigenvalue weighted by atomic mass is 35.5. The summed E-state index contributed by atoms with van der Waals surface area (Å²) < 4.78 is 34.1. The van der Waals surface area contributed by atoms with E-state index in [1.165, 1.54) is 12.1 Å². The minimum atomic E-state index is -3.95. The number of rotatable bonds is 10. The molecule has 1 amide bonds. The van der Waals surface area contributed by atoms with Crippen molar-refractivity contribution >= 4 is 27.5 Å². The molecule has 0 saturated heterocycles. The van der Waals surface area contributed by atoms with Crippen LogP contribution in [0.4, 0.5) is 0 Å². The van der Waals surface area contributed by atoms with Crippen molar-refractivity contribution < 1.29 is 17.9 Å². The van der Waals surface area contributed by atoms with E-state index in [1.807, 2.05) is 56.3 Å². The molecule has 6 nitrogen and oxygen atoms in total. The molecule has 0 radical (unpaired) electrons. The van der Waals surface area contributed by atoms with Crippen LogP contribution in [-0.4, -0.2) is 27.0 Å². The Labute approximate surface area is 200 Å². The van der Waals surface area contributed by atoms with Crippen molar-refractivity contribution in [2.45, 2.75) is 37.2 Å². The van der Waals surface area contributed by atoms with Crippen LogP contribution in [0.5, 0.6) is 5.75 Å². The first-order chi connectivity index (χ1) is 15.8. The first-order valence-electron chi connectivity index (χ1n) is 10.6. The van der Waals surface area contributed by atoms with Gasteiger partial charge in [-0.25, -0.2) is 8.42 Å². The van der Waals surface area contributed by atoms with Gasteiger partial charge in [-0.05, 0) is 67.8 Å². The number of halogens is 1. The van der Waals surface area contributed by atoms with Gasteiger partial charge in [0.25, 0.3) is 0 Å². The molecule has 33 heavy (non-hydrogen) atoms. The zero-order chi connectivity index (χ0) is 23.8. The van der Waals surface area contributed by atoms with Gasteiger partial charge in [0.05, 0.1) is 17.5 Å². The Morgan fingerprint density at radius 2 is 1.61 bits per heavy atom. The number of hydrogen-bond acceptors (Lipinski definition) is 4. The highest BCUT2D eigenvalue weighted by Gasteiger charge is 2.27. The number of ether oxygens (including phenoxy) is 1. The zero-order valence-corrected chi connectivity index (χ0v) is 20.1. The molecule has 3 rings (SSSR count). The molecule has 0 fully saturated rings. The van der Waals surface area contributed by atoms with Crippen molar-refractivity contribution in [1.29, 1.82) is 0 Å². The molecule has 8 heteroatoms. The van der Waals surface area contributed by atoms with Crippen LogP contribution in [0.2, 0.25) is 5.02 Å². The van der Waals surface area contributed by atoms with E-state index in [2.05, 4.69) is 10.0 Å². The Morgan fingerprint density at radius 1 is 0.970 bits per heavy atom. The minimum Gasteiger partial charge on any atom is -0.494 e. The van der Waals surface area contributed by atoms with E-state index in [4.69, 9.17) is 16.3 Å². The number of carbonyl (C=O) groups is 1. The SMILES string of the molecule is CCOc1ccc(S(=O)(=O)NC(Cc2ccccc2)C(=O)NC(C)c2ccc(Cl)cc2)cc1. The van der Waals surface area contributed by atoms with E-state index in [0.29, 0.717) is 17.4 Å². The molecule has 0 aliphatic rings. The maximum absolute atomic E-state index is 13.2. The van der Waals surface area contributed by atoms with E-state index in [1.54, 1.807) is 24.3 Å². The van der Waals surface area contributed by atoms with Crippen LogP contribution in [-0.2, 0) is 21.2 Å². The molecule has 2 N–H and O–H groups in total. The van der Waals surface area contributed by atoms with Crippen LogP contribution in [0.3, 0.4) is 0 Å². The predicted molar refractivity (Wildman–Crippen MR) is 130 cm³/mol. The fourth-order valence-electron chi connectivity index (χ4n) is 3.32. The number of benzene rings is 3. The Bertz CT molecular complexity index is 1150. The quantitative estimate of drug-likeness (QED) is 0.441. The van der Waals surface area contributed by atoms with Crippen molar-refractivity contribution in [3.63, 3.8) is 0 Å². The van der Waals surface area contributed by atoms with Crippen LogP contribution in [0.1, 0.15) is 31.0 Å². The summed E-state index contributed by atoms with van der Waals surface area (Å²) in [5.74, 6) is 0.155. The van der Waals surface area contributed by atoms with Crippen molar-refractivity contribution in [1.82, 2.24) is 10.0 Å². The topological polar surface area (TPSA) is 84.5 Å². The first-order valence-corrected chi connectivity index (χ1v) is 12.5. The fraction of sp³-hybridized carbons (Fsp3) is 0.240. The standard InChI is InChI=1S/C25H27ClN2O4S/c1-3-32-22-13-15-23(16-14-22)33(30,31)28-24(17-19-7-5-4-6-8-19)25(29)27-18(2)20-9-11-21(26)12-10-20/h4-16,18,24,28H,3,17H2,1-2H3,(H,27,29). The molecule has 0 aliphatic carbocycles. The molecule has 0 saturated carbocycles. The van der Waals surface area contributed by atoms with Crippen LogP contribution in [0.15, 0.2) is 83.8 Å². The summed E-state index contributed by atoms with van der Waals surface area (Å²) in [6.07, 6.45) is 0.205. The van der Waals surface area contributed by atoms with Crippen LogP contribution in [0, 0.1) is 0 Å². The van der Waals surface area contributed by atoms with Crippen molar-refractivity contribution in [2.24, 2.45) is 0 Å². The molecule has 0 aromatic heterocycles. The lowest BCUT2D eigenvalue weighted by Gasteiger charge is -2.22. The Morgan fingerprint density at radius 3 is 2.21 bits per heavy atom. The second-order valence-corrected chi connectivity index (χ2v) is 9.70. The third-order valence-corrected chi connectivity index (χ3v) is 6.81. The minimum absolute atomic E-state index is 0.0579. The first kappa shape index (κ1) is 24.8. The number of amides is 1. The largest absolute Gasteiger partial charge is 0.494 e. The lowest BCUT2D eigenvalue weighted by molar-refractivity contribution is -0.123. The van der Waals surface area contributed by atoms with Gasteiger partial charge < -0.3 is 10.1 Å². The molecule has 2 unspecified atom stereocenters. The highest BCUT2D eigenvalue weighted by molar-refractivity contribution is 7.89. The maximum Gasteiger partial charge on any atom is 0.241 e. The summed E-state index contributed by atoms with van der Waals surface area (Å²) in [5.41, 5.74) is 1.70. The van der Waals surface area contributed by atoms with E-state index in [0.717, 1.165) is 11.1 Å². The summed E-state index contributed by atoms with van der Waals surface area (Å²) in [7, 11) is -3.95. The zero-order valence-electron chi connectivity index (χ0n) is 18.5. The van der Waals surface area contributed by atoms with E-state index < -0.39 is 22.0 Å². The van der Waals surface area contributed by atoms with Gasteiger partial charge in [-0.2, -0.15) is 4.72 Å². The second kappa shape index (κ2) is 11.3. The third kappa shape index (κ3) is 7.05. The number of nitrogens with one attached hydrogen (secondary N) is 2. The maximum atomic E-state index is 13.2. The normalized spacial score (nSPS) is 13.2. The van der Waals surface area contributed by atoms with Crippen molar-refractivity contribution in [3.05, 3.63) is 95.0 Å². The predicted octanol–water partition coefficient (Wildman–Crippen LogP) is 4.51. The van der Waals surface area contributed by atoms with Crippen LogP contribution < -0.4 is 14.8 Å². The van der Waals surface area contributed by atoms with E-state index in [-0.39, 0.29) is 17.4 Å². The smallest absolute Gasteiger partial charge is 0.241 e. The van der Waals surface area contributed by atoms with Gasteiger partial charge >= 0.3 is 0 Å². The molecular weight excluding hydrogens is 460 g/mol. The van der Waals surface area contributed by atoms with Gasteiger partial charge in [-0.3, -0.25) is 4.79 Å². The average Bonchev–Trinajstić information content (AvgIpc) is 2.80. The Kier molecular flexibility index (Phi) is 8.49. The number of hydrogen-bond donors (Lipinski definition) is 2. The summed E-state index contributed by atoms with van der Waals surface area (Å²) in [4.78, 5) is 13.2. The summed E-state index contributed by atoms with van der Waals surface area (Å²) in [6.45, 7) is 4.17. The lowest BCUT2D eigenvalue weighted by atomic mass is 10.0. The van der Waals surface area contributed by atoms with Gasteiger partial charge in [-0.15, -0.1) is 0 Å². The summed E-state index contributed by atoms with van der Waals surface area (Å²) >= 11 is 5.95. The number of sulfonamides is 1. The fourth-order valence-corrected chi connectivity index (χ4v) is 4.64. The van der Waals surface area contributed by atoms with Crippen molar-refractivity contribution in [3.8, 4) is 5.75 Å². The molecule has 0 spiro atoms. The Hall–Kier alpha value is -2.87.